The summed E-state index contributed by atoms with van der Waals surface area (Å²) in [6.45, 7) is -0.421. The molecular formula is C8H5BrClNO3S. The lowest BCUT2D eigenvalue weighted by atomic mass is 10.1. The molecule has 1 rings (SSSR count). The highest BCUT2D eigenvalue weighted by Gasteiger charge is 2.17. The standard InChI is InChI=1S/C8H5BrClNO3S/c9-7-1-5(3-11)6(4-12)2-8(7)15(10,13)14/h1-2,12H,4H2. The largest absolute Gasteiger partial charge is 0.392 e. The first-order valence-electron chi connectivity index (χ1n) is 3.68. The Morgan fingerprint density at radius 1 is 1.53 bits per heavy atom. The van der Waals surface area contributed by atoms with Crippen molar-refractivity contribution in [1.29, 1.82) is 5.26 Å². The molecule has 0 radical (unpaired) electrons. The molecule has 1 aromatic carbocycles. The zero-order valence-electron chi connectivity index (χ0n) is 7.24. The molecule has 7 heteroatoms. The summed E-state index contributed by atoms with van der Waals surface area (Å²) in [4.78, 5) is -0.160. The van der Waals surface area contributed by atoms with Crippen LogP contribution >= 0.6 is 26.6 Å². The van der Waals surface area contributed by atoms with Gasteiger partial charge in [-0.2, -0.15) is 5.26 Å². The number of benzene rings is 1. The molecule has 0 spiro atoms. The van der Waals surface area contributed by atoms with Crippen molar-refractivity contribution in [3.63, 3.8) is 0 Å². The highest BCUT2D eigenvalue weighted by Crippen LogP contribution is 2.28. The first-order chi connectivity index (χ1) is 6.90. The van der Waals surface area contributed by atoms with Gasteiger partial charge in [-0.3, -0.25) is 0 Å². The van der Waals surface area contributed by atoms with E-state index in [0.717, 1.165) is 0 Å². The van der Waals surface area contributed by atoms with Crippen LogP contribution in [0.4, 0.5) is 0 Å². The maximum Gasteiger partial charge on any atom is 0.262 e. The van der Waals surface area contributed by atoms with Crippen molar-refractivity contribution in [2.24, 2.45) is 0 Å². The third kappa shape index (κ3) is 2.69. The van der Waals surface area contributed by atoms with E-state index in [1.54, 1.807) is 0 Å². The van der Waals surface area contributed by atoms with E-state index in [4.69, 9.17) is 21.1 Å². The molecule has 0 aromatic heterocycles. The van der Waals surface area contributed by atoms with Crippen LogP contribution in [0.5, 0.6) is 0 Å². The summed E-state index contributed by atoms with van der Waals surface area (Å²) in [6.07, 6.45) is 0. The number of nitrogens with zero attached hydrogens (tertiary/aromatic N) is 1. The molecule has 0 unspecified atom stereocenters. The van der Waals surface area contributed by atoms with Gasteiger partial charge in [0.25, 0.3) is 9.05 Å². The second-order valence-electron chi connectivity index (χ2n) is 2.65. The maximum absolute atomic E-state index is 11.1. The van der Waals surface area contributed by atoms with Crippen LogP contribution in [-0.2, 0) is 15.7 Å². The summed E-state index contributed by atoms with van der Waals surface area (Å²) in [7, 11) is 1.28. The Bertz CT molecular complexity index is 536. The predicted octanol–water partition coefficient (Wildman–Crippen LogP) is 1.74. The molecule has 0 saturated heterocycles. The Kier molecular flexibility index (Phi) is 3.73. The first-order valence-corrected chi connectivity index (χ1v) is 6.78. The molecule has 0 aliphatic rings. The van der Waals surface area contributed by atoms with Gasteiger partial charge in [-0.1, -0.05) is 0 Å². The lowest BCUT2D eigenvalue weighted by Gasteiger charge is -2.05. The average Bonchev–Trinajstić information content (AvgIpc) is 2.15. The van der Waals surface area contributed by atoms with Gasteiger partial charge in [0.1, 0.15) is 0 Å². The average molecular weight is 311 g/mol. The van der Waals surface area contributed by atoms with Gasteiger partial charge in [-0.05, 0) is 33.6 Å². The summed E-state index contributed by atoms with van der Waals surface area (Å²) in [5.74, 6) is 0. The fourth-order valence-electron chi connectivity index (χ4n) is 1.02. The number of aliphatic hydroxyl groups excluding tert-OH is 1. The SMILES string of the molecule is N#Cc1cc(Br)c(S(=O)(=O)Cl)cc1CO. The Balaban J connectivity index is 3.55. The molecule has 0 saturated carbocycles. The van der Waals surface area contributed by atoms with Crippen molar-refractivity contribution >= 4 is 35.7 Å². The van der Waals surface area contributed by atoms with Crippen molar-refractivity contribution in [2.75, 3.05) is 0 Å². The highest BCUT2D eigenvalue weighted by molar-refractivity contribution is 9.10. The van der Waals surface area contributed by atoms with Crippen molar-refractivity contribution in [2.45, 2.75) is 11.5 Å². The van der Waals surface area contributed by atoms with E-state index in [1.165, 1.54) is 12.1 Å². The van der Waals surface area contributed by atoms with E-state index in [1.807, 2.05) is 6.07 Å². The van der Waals surface area contributed by atoms with Gasteiger partial charge in [-0.25, -0.2) is 8.42 Å². The second-order valence-corrected chi connectivity index (χ2v) is 6.04. The van der Waals surface area contributed by atoms with E-state index >= 15 is 0 Å². The number of nitriles is 1. The zero-order valence-corrected chi connectivity index (χ0v) is 10.4. The van der Waals surface area contributed by atoms with Gasteiger partial charge in [0.15, 0.2) is 0 Å². The number of aliphatic hydroxyl groups is 1. The van der Waals surface area contributed by atoms with Crippen LogP contribution in [0.1, 0.15) is 11.1 Å². The number of hydrogen-bond acceptors (Lipinski definition) is 4. The van der Waals surface area contributed by atoms with Gasteiger partial charge in [0, 0.05) is 15.2 Å². The first kappa shape index (κ1) is 12.5. The van der Waals surface area contributed by atoms with E-state index in [-0.39, 0.29) is 20.5 Å². The van der Waals surface area contributed by atoms with E-state index in [9.17, 15) is 8.42 Å². The zero-order chi connectivity index (χ0) is 11.6. The molecule has 4 nitrogen and oxygen atoms in total. The van der Waals surface area contributed by atoms with Gasteiger partial charge >= 0.3 is 0 Å². The molecule has 0 aliphatic carbocycles. The normalized spacial score (nSPS) is 11.1. The Hall–Kier alpha value is -0.610. The molecule has 1 aromatic rings. The molecule has 0 aliphatic heterocycles. The number of hydrogen-bond donors (Lipinski definition) is 1. The minimum atomic E-state index is -3.89. The van der Waals surface area contributed by atoms with Crippen LogP contribution in [0.3, 0.4) is 0 Å². The highest BCUT2D eigenvalue weighted by atomic mass is 79.9. The molecule has 0 heterocycles. The van der Waals surface area contributed by atoms with Gasteiger partial charge < -0.3 is 5.11 Å². The molecule has 0 fully saturated rings. The van der Waals surface area contributed by atoms with E-state index < -0.39 is 15.7 Å². The van der Waals surface area contributed by atoms with Crippen molar-refractivity contribution < 1.29 is 13.5 Å². The smallest absolute Gasteiger partial charge is 0.262 e. The van der Waals surface area contributed by atoms with Crippen molar-refractivity contribution in [3.8, 4) is 6.07 Å². The van der Waals surface area contributed by atoms with Crippen LogP contribution in [0.15, 0.2) is 21.5 Å². The summed E-state index contributed by atoms with van der Waals surface area (Å²) in [5.41, 5.74) is 0.424. The monoisotopic (exact) mass is 309 g/mol. The number of halogens is 2. The van der Waals surface area contributed by atoms with E-state index in [0.29, 0.717) is 0 Å². The van der Waals surface area contributed by atoms with Gasteiger partial charge in [-0.15, -0.1) is 0 Å². The van der Waals surface area contributed by atoms with Crippen LogP contribution in [-0.4, -0.2) is 13.5 Å². The molecule has 1 N–H and O–H groups in total. The fraction of sp³-hybridized carbons (Fsp3) is 0.125. The summed E-state index contributed by atoms with van der Waals surface area (Å²) in [6, 6.07) is 4.32. The van der Waals surface area contributed by atoms with Crippen molar-refractivity contribution in [1.82, 2.24) is 0 Å². The summed E-state index contributed by atoms with van der Waals surface area (Å²) >= 11 is 2.99. The van der Waals surface area contributed by atoms with Crippen LogP contribution < -0.4 is 0 Å². The van der Waals surface area contributed by atoms with Crippen LogP contribution in [0.2, 0.25) is 0 Å². The molecular weight excluding hydrogens is 306 g/mol. The third-order valence-electron chi connectivity index (χ3n) is 1.71. The topological polar surface area (TPSA) is 78.2 Å². The number of rotatable bonds is 2. The summed E-state index contributed by atoms with van der Waals surface area (Å²) < 4.78 is 22.4. The quantitative estimate of drug-likeness (QED) is 0.844. The fourth-order valence-corrected chi connectivity index (χ4v) is 3.24. The summed E-state index contributed by atoms with van der Waals surface area (Å²) in [5, 5.41) is 17.6. The minimum Gasteiger partial charge on any atom is -0.392 e. The Morgan fingerprint density at radius 2 is 2.13 bits per heavy atom. The predicted molar refractivity (Wildman–Crippen MR) is 57.8 cm³/mol. The lowest BCUT2D eigenvalue weighted by Crippen LogP contribution is -1.98. The molecule has 0 bridgehead atoms. The molecule has 80 valence electrons. The van der Waals surface area contributed by atoms with Crippen molar-refractivity contribution in [3.05, 3.63) is 27.7 Å². The van der Waals surface area contributed by atoms with E-state index in [2.05, 4.69) is 15.9 Å². The molecule has 0 amide bonds. The third-order valence-corrected chi connectivity index (χ3v) is 3.99. The van der Waals surface area contributed by atoms with Gasteiger partial charge in [0.05, 0.1) is 23.1 Å². The maximum atomic E-state index is 11.1. The lowest BCUT2D eigenvalue weighted by molar-refractivity contribution is 0.281. The van der Waals surface area contributed by atoms with Crippen LogP contribution in [0.25, 0.3) is 0 Å². The van der Waals surface area contributed by atoms with Crippen LogP contribution in [0, 0.1) is 11.3 Å². The minimum absolute atomic E-state index is 0.160. The van der Waals surface area contributed by atoms with Gasteiger partial charge in [0.2, 0.25) is 0 Å². The second kappa shape index (κ2) is 4.49. The molecule has 15 heavy (non-hydrogen) atoms. The Morgan fingerprint density at radius 3 is 2.53 bits per heavy atom. The molecule has 0 atom stereocenters. The Labute approximate surface area is 99.6 Å².